The third-order valence-electron chi connectivity index (χ3n) is 6.11. The van der Waals surface area contributed by atoms with Gasteiger partial charge in [0.05, 0.1) is 6.20 Å². The first-order valence-electron chi connectivity index (χ1n) is 10.6. The molecule has 3 aromatic rings. The van der Waals surface area contributed by atoms with Crippen LogP contribution < -0.4 is 0 Å². The van der Waals surface area contributed by atoms with Gasteiger partial charge in [-0.15, -0.1) is 0 Å². The number of alkyl halides is 3. The summed E-state index contributed by atoms with van der Waals surface area (Å²) in [6, 6.07) is 5.55. The molecule has 11 heteroatoms. The number of nitrogens with zero attached hydrogens (tertiary/aromatic N) is 5. The Balaban J connectivity index is 1.35. The summed E-state index contributed by atoms with van der Waals surface area (Å²) in [6.45, 7) is 1.95. The predicted octanol–water partition coefficient (Wildman–Crippen LogP) is 4.38. The highest BCUT2D eigenvalue weighted by atomic mass is 35.5. The van der Waals surface area contributed by atoms with E-state index < -0.39 is 17.8 Å². The molecule has 0 unspecified atom stereocenters. The van der Waals surface area contributed by atoms with Gasteiger partial charge in [-0.3, -0.25) is 9.69 Å². The first-order valence-corrected chi connectivity index (χ1v) is 11.0. The van der Waals surface area contributed by atoms with Crippen molar-refractivity contribution in [2.45, 2.75) is 31.5 Å². The van der Waals surface area contributed by atoms with E-state index >= 15 is 0 Å². The molecule has 3 heterocycles. The number of hydrogen-bond acceptors (Lipinski definition) is 4. The summed E-state index contributed by atoms with van der Waals surface area (Å²) in [5.41, 5.74) is -0.208. The predicted molar refractivity (Wildman–Crippen MR) is 113 cm³/mol. The van der Waals surface area contributed by atoms with E-state index in [9.17, 15) is 22.4 Å². The van der Waals surface area contributed by atoms with E-state index in [-0.39, 0.29) is 22.9 Å². The van der Waals surface area contributed by atoms with Crippen molar-refractivity contribution in [3.8, 4) is 0 Å². The average molecular weight is 482 g/mol. The average Bonchev–Trinajstić information content (AvgIpc) is 3.54. The maximum atomic E-state index is 14.1. The number of piperazine rings is 1. The lowest BCUT2D eigenvalue weighted by molar-refractivity contribution is -0.142. The molecule has 0 N–H and O–H groups in total. The number of benzene rings is 1. The number of fused-ring (bicyclic) bond motifs is 1. The summed E-state index contributed by atoms with van der Waals surface area (Å²) in [6.07, 6.45) is -1.89. The van der Waals surface area contributed by atoms with Crippen molar-refractivity contribution in [3.63, 3.8) is 0 Å². The van der Waals surface area contributed by atoms with E-state index in [0.29, 0.717) is 53.5 Å². The fraction of sp³-hybridized carbons (Fsp3) is 0.409. The molecule has 1 aliphatic heterocycles. The Hall–Kier alpha value is -2.72. The normalized spacial score (nSPS) is 17.7. The SMILES string of the molecule is O=C(c1cnn2c(C(F)(F)F)cc(C3CC3)nc12)N1CCN(Cc2c(F)cccc2Cl)CC1. The second-order valence-electron chi connectivity index (χ2n) is 8.40. The number of rotatable bonds is 4. The van der Waals surface area contributed by atoms with Gasteiger partial charge in [-0.2, -0.15) is 18.3 Å². The van der Waals surface area contributed by atoms with Crippen molar-refractivity contribution in [1.82, 2.24) is 24.4 Å². The molecule has 2 aliphatic rings. The molecule has 1 saturated heterocycles. The molecule has 5 rings (SSSR count). The quantitative estimate of drug-likeness (QED) is 0.519. The van der Waals surface area contributed by atoms with Crippen LogP contribution in [-0.2, 0) is 12.7 Å². The number of carbonyl (C=O) groups excluding carboxylic acids is 1. The summed E-state index contributed by atoms with van der Waals surface area (Å²) < 4.78 is 55.6. The van der Waals surface area contributed by atoms with Crippen molar-refractivity contribution in [2.24, 2.45) is 0 Å². The van der Waals surface area contributed by atoms with E-state index in [2.05, 4.69) is 10.1 Å². The second-order valence-corrected chi connectivity index (χ2v) is 8.81. The van der Waals surface area contributed by atoms with Gasteiger partial charge in [0.1, 0.15) is 17.1 Å². The molecule has 1 aliphatic carbocycles. The van der Waals surface area contributed by atoms with Gasteiger partial charge >= 0.3 is 6.18 Å². The topological polar surface area (TPSA) is 53.7 Å². The van der Waals surface area contributed by atoms with Crippen LogP contribution in [0.2, 0.25) is 5.02 Å². The van der Waals surface area contributed by atoms with Gasteiger partial charge in [0.2, 0.25) is 0 Å². The Labute approximate surface area is 191 Å². The van der Waals surface area contributed by atoms with Crippen LogP contribution in [0.15, 0.2) is 30.5 Å². The smallest absolute Gasteiger partial charge is 0.336 e. The molecule has 1 aromatic carbocycles. The van der Waals surface area contributed by atoms with Gasteiger partial charge in [0.15, 0.2) is 5.65 Å². The van der Waals surface area contributed by atoms with Crippen molar-refractivity contribution >= 4 is 23.2 Å². The zero-order valence-corrected chi connectivity index (χ0v) is 18.2. The van der Waals surface area contributed by atoms with Crippen LogP contribution >= 0.6 is 11.6 Å². The molecule has 0 bridgehead atoms. The van der Waals surface area contributed by atoms with Crippen molar-refractivity contribution in [1.29, 1.82) is 0 Å². The fourth-order valence-corrected chi connectivity index (χ4v) is 4.33. The highest BCUT2D eigenvalue weighted by Crippen LogP contribution is 2.41. The lowest BCUT2D eigenvalue weighted by Crippen LogP contribution is -2.48. The standard InChI is InChI=1S/C22H20ClF4N5O/c23-16-2-1-3-17(24)15(16)12-30-6-8-31(9-7-30)21(33)14-11-28-32-19(22(25,26)27)10-18(13-4-5-13)29-20(14)32/h1-3,10-11,13H,4-9,12H2. The van der Waals surface area contributed by atoms with Crippen molar-refractivity contribution < 1.29 is 22.4 Å². The molecule has 33 heavy (non-hydrogen) atoms. The van der Waals surface area contributed by atoms with Gasteiger partial charge in [-0.1, -0.05) is 17.7 Å². The van der Waals surface area contributed by atoms with Crippen LogP contribution in [0.1, 0.15) is 46.1 Å². The lowest BCUT2D eigenvalue weighted by Gasteiger charge is -2.34. The van der Waals surface area contributed by atoms with Gasteiger partial charge in [-0.25, -0.2) is 13.9 Å². The largest absolute Gasteiger partial charge is 0.433 e. The highest BCUT2D eigenvalue weighted by molar-refractivity contribution is 6.31. The minimum Gasteiger partial charge on any atom is -0.336 e. The molecule has 0 radical (unpaired) electrons. The lowest BCUT2D eigenvalue weighted by atomic mass is 10.1. The van der Waals surface area contributed by atoms with Crippen LogP contribution in [0, 0.1) is 5.82 Å². The van der Waals surface area contributed by atoms with Crippen molar-refractivity contribution in [3.05, 3.63) is 63.8 Å². The highest BCUT2D eigenvalue weighted by Gasteiger charge is 2.38. The Morgan fingerprint density at radius 1 is 1.15 bits per heavy atom. The summed E-state index contributed by atoms with van der Waals surface area (Å²) in [7, 11) is 0. The molecule has 0 spiro atoms. The first-order chi connectivity index (χ1) is 15.7. The zero-order chi connectivity index (χ0) is 23.3. The third-order valence-corrected chi connectivity index (χ3v) is 6.47. The Kier molecular flexibility index (Phi) is 5.52. The molecular weight excluding hydrogens is 462 g/mol. The number of carbonyl (C=O) groups is 1. The third kappa shape index (κ3) is 4.29. The number of aromatic nitrogens is 3. The first kappa shape index (κ1) is 22.1. The Morgan fingerprint density at radius 3 is 2.52 bits per heavy atom. The maximum Gasteiger partial charge on any atom is 0.433 e. The monoisotopic (exact) mass is 481 g/mol. The molecule has 1 amide bonds. The summed E-state index contributed by atoms with van der Waals surface area (Å²) >= 11 is 6.11. The fourth-order valence-electron chi connectivity index (χ4n) is 4.11. The Morgan fingerprint density at radius 2 is 1.88 bits per heavy atom. The van der Waals surface area contributed by atoms with E-state index in [1.54, 1.807) is 17.0 Å². The van der Waals surface area contributed by atoms with Crippen LogP contribution in [0.5, 0.6) is 0 Å². The summed E-state index contributed by atoms with van der Waals surface area (Å²) in [5, 5.41) is 4.18. The van der Waals surface area contributed by atoms with Crippen molar-refractivity contribution in [2.75, 3.05) is 26.2 Å². The van der Waals surface area contributed by atoms with Crippen LogP contribution in [0.4, 0.5) is 17.6 Å². The van der Waals surface area contributed by atoms with E-state index in [1.165, 1.54) is 6.07 Å². The molecular formula is C22H20ClF4N5O. The van der Waals surface area contributed by atoms with Crippen LogP contribution in [-0.4, -0.2) is 56.5 Å². The minimum absolute atomic E-state index is 0.0114. The Bertz CT molecular complexity index is 1200. The van der Waals surface area contributed by atoms with Crippen LogP contribution in [0.3, 0.4) is 0 Å². The van der Waals surface area contributed by atoms with E-state index in [1.807, 2.05) is 4.90 Å². The number of halogens is 5. The molecule has 0 atom stereocenters. The second kappa shape index (κ2) is 8.25. The molecule has 174 valence electrons. The number of amides is 1. The minimum atomic E-state index is -4.61. The molecule has 6 nitrogen and oxygen atoms in total. The van der Waals surface area contributed by atoms with Gasteiger partial charge in [0, 0.05) is 54.9 Å². The maximum absolute atomic E-state index is 14.1. The number of hydrogen-bond donors (Lipinski definition) is 0. The zero-order valence-electron chi connectivity index (χ0n) is 17.4. The van der Waals surface area contributed by atoms with E-state index in [0.717, 1.165) is 25.1 Å². The molecule has 2 aromatic heterocycles. The van der Waals surface area contributed by atoms with Crippen LogP contribution in [0.25, 0.3) is 5.65 Å². The van der Waals surface area contributed by atoms with Gasteiger partial charge in [0.25, 0.3) is 5.91 Å². The molecule has 1 saturated carbocycles. The molecule has 2 fully saturated rings. The van der Waals surface area contributed by atoms with Gasteiger partial charge in [-0.05, 0) is 31.0 Å². The van der Waals surface area contributed by atoms with Gasteiger partial charge < -0.3 is 4.90 Å². The summed E-state index contributed by atoms with van der Waals surface area (Å²) in [5.74, 6) is -0.810. The summed E-state index contributed by atoms with van der Waals surface area (Å²) in [4.78, 5) is 21.1. The van der Waals surface area contributed by atoms with E-state index in [4.69, 9.17) is 11.6 Å².